The van der Waals surface area contributed by atoms with Crippen LogP contribution in [0.3, 0.4) is 0 Å². The molecule has 1 amide bonds. The molecule has 0 bridgehead atoms. The van der Waals surface area contributed by atoms with E-state index in [2.05, 4.69) is 19.8 Å². The maximum atomic E-state index is 13.1. The van der Waals surface area contributed by atoms with Gasteiger partial charge in [0.25, 0.3) is 0 Å². The molecule has 6 heteroatoms. The molecule has 2 fully saturated rings. The highest BCUT2D eigenvalue weighted by atomic mass is 19.1. The van der Waals surface area contributed by atoms with Crippen LogP contribution in [0.1, 0.15) is 30.5 Å². The van der Waals surface area contributed by atoms with E-state index >= 15 is 0 Å². The van der Waals surface area contributed by atoms with E-state index in [1.165, 1.54) is 12.1 Å². The second-order valence-corrected chi connectivity index (χ2v) is 7.43. The van der Waals surface area contributed by atoms with Crippen LogP contribution >= 0.6 is 0 Å². The average Bonchev–Trinajstić information content (AvgIpc) is 3.16. The molecule has 4 rings (SSSR count). The molecule has 0 spiro atoms. The van der Waals surface area contributed by atoms with Crippen LogP contribution in [0.15, 0.2) is 36.8 Å². The number of fused-ring (bicyclic) bond motifs is 1. The number of halogens is 1. The number of rotatable bonds is 5. The molecule has 3 heterocycles. The van der Waals surface area contributed by atoms with Gasteiger partial charge >= 0.3 is 0 Å². The number of nitrogens with zero attached hydrogens (tertiary/aromatic N) is 3. The third-order valence-electron chi connectivity index (χ3n) is 5.72. The molecular weight excluding hydrogens is 331 g/mol. The quantitative estimate of drug-likeness (QED) is 0.896. The Morgan fingerprint density at radius 2 is 2.08 bits per heavy atom. The first kappa shape index (κ1) is 17.2. The minimum absolute atomic E-state index is 0.189. The summed E-state index contributed by atoms with van der Waals surface area (Å²) in [5.74, 6) is 0.632. The van der Waals surface area contributed by atoms with Crippen molar-refractivity contribution in [1.29, 1.82) is 0 Å². The van der Waals surface area contributed by atoms with E-state index in [9.17, 15) is 9.18 Å². The van der Waals surface area contributed by atoms with E-state index in [-0.39, 0.29) is 11.7 Å². The summed E-state index contributed by atoms with van der Waals surface area (Å²) in [7, 11) is 0. The highest BCUT2D eigenvalue weighted by Gasteiger charge is 2.38. The molecule has 0 unspecified atom stereocenters. The van der Waals surface area contributed by atoms with Crippen molar-refractivity contribution in [2.45, 2.75) is 38.3 Å². The zero-order valence-corrected chi connectivity index (χ0v) is 14.9. The Morgan fingerprint density at radius 1 is 1.23 bits per heavy atom. The molecular formula is C20H25FN4O. The van der Waals surface area contributed by atoms with E-state index in [0.717, 1.165) is 56.7 Å². The van der Waals surface area contributed by atoms with Gasteiger partial charge in [-0.3, -0.25) is 9.69 Å². The summed E-state index contributed by atoms with van der Waals surface area (Å²) >= 11 is 0. The second kappa shape index (κ2) is 7.58. The maximum absolute atomic E-state index is 13.1. The Hall–Kier alpha value is -2.21. The fourth-order valence-electron chi connectivity index (χ4n) is 4.37. The minimum Gasteiger partial charge on any atom is -0.348 e. The lowest BCUT2D eigenvalue weighted by Gasteiger charge is -2.47. The zero-order valence-electron chi connectivity index (χ0n) is 14.9. The molecule has 0 aliphatic carbocycles. The molecule has 1 aromatic heterocycles. The smallest absolute Gasteiger partial charge is 0.222 e. The lowest BCUT2D eigenvalue weighted by Crippen LogP contribution is -2.56. The third-order valence-corrected chi connectivity index (χ3v) is 5.72. The van der Waals surface area contributed by atoms with Crippen LogP contribution in [0.5, 0.6) is 0 Å². The summed E-state index contributed by atoms with van der Waals surface area (Å²) in [6.45, 7) is 3.61. The van der Waals surface area contributed by atoms with Crippen LogP contribution in [-0.2, 0) is 17.8 Å². The van der Waals surface area contributed by atoms with Gasteiger partial charge in [-0.1, -0.05) is 12.1 Å². The van der Waals surface area contributed by atoms with Crippen LogP contribution < -0.4 is 0 Å². The number of aromatic nitrogens is 2. The van der Waals surface area contributed by atoms with Gasteiger partial charge in [-0.25, -0.2) is 9.37 Å². The zero-order chi connectivity index (χ0) is 17.9. The number of benzene rings is 1. The molecule has 2 saturated heterocycles. The van der Waals surface area contributed by atoms with Gasteiger partial charge in [0.15, 0.2) is 0 Å². The summed E-state index contributed by atoms with van der Waals surface area (Å²) in [5, 5.41) is 0. The maximum Gasteiger partial charge on any atom is 0.222 e. The van der Waals surface area contributed by atoms with E-state index in [4.69, 9.17) is 0 Å². The molecule has 26 heavy (non-hydrogen) atoms. The summed E-state index contributed by atoms with van der Waals surface area (Å²) < 4.78 is 13.1. The number of carbonyl (C=O) groups is 1. The number of H-pyrrole nitrogens is 1. The molecule has 2 atom stereocenters. The molecule has 1 N–H and O–H groups in total. The van der Waals surface area contributed by atoms with Gasteiger partial charge < -0.3 is 9.88 Å². The highest BCUT2D eigenvalue weighted by molar-refractivity contribution is 5.77. The van der Waals surface area contributed by atoms with Crippen LogP contribution in [0, 0.1) is 11.7 Å². The van der Waals surface area contributed by atoms with Gasteiger partial charge in [0.05, 0.1) is 6.33 Å². The molecule has 2 aliphatic rings. The molecule has 2 aromatic rings. The van der Waals surface area contributed by atoms with Crippen molar-refractivity contribution >= 4 is 5.91 Å². The van der Waals surface area contributed by atoms with Gasteiger partial charge in [0.1, 0.15) is 5.82 Å². The number of piperidine rings is 2. The lowest BCUT2D eigenvalue weighted by atomic mass is 9.83. The second-order valence-electron chi connectivity index (χ2n) is 7.43. The number of amides is 1. The Morgan fingerprint density at radius 3 is 2.85 bits per heavy atom. The predicted molar refractivity (Wildman–Crippen MR) is 96.8 cm³/mol. The number of aromatic amines is 1. The topological polar surface area (TPSA) is 52.2 Å². The van der Waals surface area contributed by atoms with E-state index in [0.29, 0.717) is 18.4 Å². The molecule has 1 aromatic carbocycles. The molecule has 0 radical (unpaired) electrons. The van der Waals surface area contributed by atoms with E-state index in [1.54, 1.807) is 6.33 Å². The number of hydrogen-bond donors (Lipinski definition) is 1. The predicted octanol–water partition coefficient (Wildman–Crippen LogP) is 2.60. The third kappa shape index (κ3) is 3.80. The Labute approximate surface area is 153 Å². The molecule has 2 aliphatic heterocycles. The average molecular weight is 356 g/mol. The van der Waals surface area contributed by atoms with Crippen LogP contribution in [0.4, 0.5) is 4.39 Å². The van der Waals surface area contributed by atoms with Crippen molar-refractivity contribution in [3.63, 3.8) is 0 Å². The van der Waals surface area contributed by atoms with Gasteiger partial charge in [-0.15, -0.1) is 0 Å². The Bertz CT molecular complexity index is 731. The van der Waals surface area contributed by atoms with Gasteiger partial charge in [0, 0.05) is 57.0 Å². The molecule has 5 nitrogen and oxygen atoms in total. The van der Waals surface area contributed by atoms with E-state index < -0.39 is 0 Å². The van der Waals surface area contributed by atoms with Crippen molar-refractivity contribution in [3.8, 4) is 0 Å². The van der Waals surface area contributed by atoms with Crippen molar-refractivity contribution in [2.75, 3.05) is 19.6 Å². The summed E-state index contributed by atoms with van der Waals surface area (Å²) in [5.41, 5.74) is 2.22. The molecule has 0 saturated carbocycles. The normalized spacial score (nSPS) is 23.9. The van der Waals surface area contributed by atoms with Crippen LogP contribution in [-0.4, -0.2) is 51.4 Å². The van der Waals surface area contributed by atoms with Crippen molar-refractivity contribution in [1.82, 2.24) is 19.8 Å². The molecule has 138 valence electrons. The largest absolute Gasteiger partial charge is 0.348 e. The first-order valence-corrected chi connectivity index (χ1v) is 9.42. The fraction of sp³-hybridized carbons (Fsp3) is 0.500. The first-order chi connectivity index (χ1) is 12.7. The SMILES string of the molecule is O=C1CC[C@H]2CN(Cc3ccc(F)cc3)CC[C@H]2N1CCc1cnc[nH]1. The number of carbonyl (C=O) groups excluding carboxylic acids is 1. The van der Waals surface area contributed by atoms with Gasteiger partial charge in [-0.05, 0) is 36.5 Å². The van der Waals surface area contributed by atoms with Crippen LogP contribution in [0.2, 0.25) is 0 Å². The van der Waals surface area contributed by atoms with Crippen molar-refractivity contribution < 1.29 is 9.18 Å². The highest BCUT2D eigenvalue weighted by Crippen LogP contribution is 2.32. The number of imidazole rings is 1. The number of likely N-dealkylation sites (tertiary alicyclic amines) is 2. The van der Waals surface area contributed by atoms with Gasteiger partial charge in [-0.2, -0.15) is 0 Å². The Balaban J connectivity index is 1.36. The van der Waals surface area contributed by atoms with E-state index in [1.807, 2.05) is 18.3 Å². The van der Waals surface area contributed by atoms with Crippen LogP contribution in [0.25, 0.3) is 0 Å². The number of nitrogens with one attached hydrogen (secondary N) is 1. The van der Waals surface area contributed by atoms with Crippen molar-refractivity contribution in [3.05, 3.63) is 53.9 Å². The first-order valence-electron chi connectivity index (χ1n) is 9.42. The van der Waals surface area contributed by atoms with Gasteiger partial charge in [0.2, 0.25) is 5.91 Å². The fourth-order valence-corrected chi connectivity index (χ4v) is 4.37. The lowest BCUT2D eigenvalue weighted by molar-refractivity contribution is -0.141. The Kier molecular flexibility index (Phi) is 5.02. The summed E-state index contributed by atoms with van der Waals surface area (Å²) in [4.78, 5) is 24.2. The number of hydrogen-bond acceptors (Lipinski definition) is 3. The standard InChI is InChI=1S/C20H25FN4O/c21-17-4-1-15(2-5-17)12-24-9-8-19-16(13-24)3-6-20(26)25(19)10-7-18-11-22-14-23-18/h1-2,4-5,11,14,16,19H,3,6-10,12-13H2,(H,22,23)/t16-,19+/m0/s1. The summed E-state index contributed by atoms with van der Waals surface area (Å²) in [6.07, 6.45) is 6.98. The summed E-state index contributed by atoms with van der Waals surface area (Å²) in [6, 6.07) is 7.13. The van der Waals surface area contributed by atoms with Crippen molar-refractivity contribution in [2.24, 2.45) is 5.92 Å². The minimum atomic E-state index is -0.189. The monoisotopic (exact) mass is 356 g/mol.